The minimum Gasteiger partial charge on any atom is -0.369 e. The third-order valence-electron chi connectivity index (χ3n) is 6.18. The fourth-order valence-corrected chi connectivity index (χ4v) is 4.75. The van der Waals surface area contributed by atoms with Gasteiger partial charge in [-0.05, 0) is 49.7 Å². The average molecular weight is 345 g/mol. The van der Waals surface area contributed by atoms with E-state index in [1.54, 1.807) is 19.1 Å². The van der Waals surface area contributed by atoms with E-state index in [2.05, 4.69) is 15.1 Å². The molecule has 3 fully saturated rings. The topological polar surface area (TPSA) is 35.6 Å². The first-order valence-corrected chi connectivity index (χ1v) is 9.62. The van der Waals surface area contributed by atoms with Crippen LogP contribution in [-0.2, 0) is 4.79 Å². The number of nitrogens with one attached hydrogen (secondary N) is 1. The van der Waals surface area contributed by atoms with Gasteiger partial charge in [0, 0.05) is 45.2 Å². The molecule has 3 aliphatic rings. The van der Waals surface area contributed by atoms with Gasteiger partial charge in [0.25, 0.3) is 0 Å². The van der Waals surface area contributed by atoms with Gasteiger partial charge in [0.1, 0.15) is 5.82 Å². The lowest BCUT2D eigenvalue weighted by Crippen LogP contribution is -2.45. The van der Waals surface area contributed by atoms with Crippen LogP contribution in [0.1, 0.15) is 32.6 Å². The zero-order valence-electron chi connectivity index (χ0n) is 15.0. The minimum absolute atomic E-state index is 0.0897. The number of benzene rings is 1. The second-order valence-corrected chi connectivity index (χ2v) is 7.93. The highest BCUT2D eigenvalue weighted by molar-refractivity contribution is 5.73. The Kier molecular flexibility index (Phi) is 4.67. The molecule has 0 aromatic heterocycles. The maximum absolute atomic E-state index is 14.0. The summed E-state index contributed by atoms with van der Waals surface area (Å²) in [6.07, 6.45) is 4.78. The number of rotatable bonds is 4. The van der Waals surface area contributed by atoms with Crippen molar-refractivity contribution < 1.29 is 9.18 Å². The number of piperidine rings is 1. The predicted octanol–water partition coefficient (Wildman–Crippen LogP) is 2.64. The Morgan fingerprint density at radius 3 is 2.48 bits per heavy atom. The molecule has 2 saturated heterocycles. The van der Waals surface area contributed by atoms with Gasteiger partial charge in [0.05, 0.1) is 5.69 Å². The summed E-state index contributed by atoms with van der Waals surface area (Å²) in [5.74, 6) is 1.39. The standard InChI is InChI=1S/C20H28FN3O/c1-14(25)22-19-13-24(12-17(19)15-6-7-15)16-8-10-23(11-9-16)20-5-3-2-4-18(20)21/h2-5,15-17,19H,6-13H2,1H3,(H,22,25)/t17-,19+/m0/s1. The summed E-state index contributed by atoms with van der Waals surface area (Å²) in [5, 5.41) is 3.18. The van der Waals surface area contributed by atoms with E-state index in [4.69, 9.17) is 0 Å². The number of para-hydroxylation sites is 1. The van der Waals surface area contributed by atoms with E-state index in [0.29, 0.717) is 18.0 Å². The molecule has 0 unspecified atom stereocenters. The van der Waals surface area contributed by atoms with Crippen molar-refractivity contribution >= 4 is 11.6 Å². The van der Waals surface area contributed by atoms with E-state index in [9.17, 15) is 9.18 Å². The smallest absolute Gasteiger partial charge is 0.217 e. The van der Waals surface area contributed by atoms with E-state index < -0.39 is 0 Å². The molecule has 4 nitrogen and oxygen atoms in total. The number of likely N-dealkylation sites (tertiary alicyclic amines) is 1. The van der Waals surface area contributed by atoms with Crippen molar-refractivity contribution in [2.45, 2.75) is 44.7 Å². The lowest BCUT2D eigenvalue weighted by Gasteiger charge is -2.38. The molecule has 2 aliphatic heterocycles. The first-order valence-electron chi connectivity index (χ1n) is 9.62. The van der Waals surface area contributed by atoms with E-state index in [1.807, 2.05) is 12.1 Å². The largest absolute Gasteiger partial charge is 0.369 e. The van der Waals surface area contributed by atoms with Gasteiger partial charge in [0.15, 0.2) is 0 Å². The SMILES string of the molecule is CC(=O)N[C@@H]1CN(C2CCN(c3ccccc3F)CC2)C[C@H]1C1CC1. The molecule has 136 valence electrons. The number of amides is 1. The van der Waals surface area contributed by atoms with Gasteiger partial charge < -0.3 is 10.2 Å². The van der Waals surface area contributed by atoms with Crippen molar-refractivity contribution in [2.24, 2.45) is 11.8 Å². The van der Waals surface area contributed by atoms with Crippen LogP contribution in [0.4, 0.5) is 10.1 Å². The summed E-state index contributed by atoms with van der Waals surface area (Å²) in [6.45, 7) is 5.52. The summed E-state index contributed by atoms with van der Waals surface area (Å²) in [4.78, 5) is 16.3. The maximum atomic E-state index is 14.0. The Hall–Kier alpha value is -1.62. The molecule has 1 amide bonds. The summed E-state index contributed by atoms with van der Waals surface area (Å²) >= 11 is 0. The lowest BCUT2D eigenvalue weighted by molar-refractivity contribution is -0.119. The van der Waals surface area contributed by atoms with Crippen LogP contribution in [0.15, 0.2) is 24.3 Å². The van der Waals surface area contributed by atoms with E-state index >= 15 is 0 Å². The van der Waals surface area contributed by atoms with Crippen LogP contribution in [0.5, 0.6) is 0 Å². The van der Waals surface area contributed by atoms with Crippen LogP contribution in [0.25, 0.3) is 0 Å². The Labute approximate surface area is 149 Å². The molecule has 0 radical (unpaired) electrons. The van der Waals surface area contributed by atoms with E-state index in [-0.39, 0.29) is 11.7 Å². The van der Waals surface area contributed by atoms with Crippen molar-refractivity contribution in [3.05, 3.63) is 30.1 Å². The second-order valence-electron chi connectivity index (χ2n) is 7.93. The number of hydrogen-bond acceptors (Lipinski definition) is 3. The van der Waals surface area contributed by atoms with Gasteiger partial charge >= 0.3 is 0 Å². The maximum Gasteiger partial charge on any atom is 0.217 e. The number of hydrogen-bond donors (Lipinski definition) is 1. The van der Waals surface area contributed by atoms with Crippen molar-refractivity contribution in [3.8, 4) is 0 Å². The molecule has 2 heterocycles. The summed E-state index contributed by atoms with van der Waals surface area (Å²) in [6, 6.07) is 7.94. The molecular weight excluding hydrogens is 317 g/mol. The average Bonchev–Trinajstić information content (AvgIpc) is 3.36. The quantitative estimate of drug-likeness (QED) is 0.911. The molecule has 1 aliphatic carbocycles. The number of nitrogens with zero attached hydrogens (tertiary/aromatic N) is 2. The van der Waals surface area contributed by atoms with Crippen molar-refractivity contribution in [1.29, 1.82) is 0 Å². The molecule has 4 rings (SSSR count). The number of carbonyl (C=O) groups is 1. The monoisotopic (exact) mass is 345 g/mol. The summed E-state index contributed by atoms with van der Waals surface area (Å²) in [5.41, 5.74) is 0.731. The summed E-state index contributed by atoms with van der Waals surface area (Å²) < 4.78 is 14.0. The Balaban J connectivity index is 1.36. The van der Waals surface area contributed by atoms with Crippen molar-refractivity contribution in [3.63, 3.8) is 0 Å². The van der Waals surface area contributed by atoms with Crippen LogP contribution in [0.2, 0.25) is 0 Å². The number of carbonyl (C=O) groups excluding carboxylic acids is 1. The molecule has 25 heavy (non-hydrogen) atoms. The highest BCUT2D eigenvalue weighted by atomic mass is 19.1. The van der Waals surface area contributed by atoms with Crippen LogP contribution < -0.4 is 10.2 Å². The van der Waals surface area contributed by atoms with Crippen molar-refractivity contribution in [1.82, 2.24) is 10.2 Å². The molecule has 1 aromatic rings. The van der Waals surface area contributed by atoms with E-state index in [0.717, 1.165) is 50.6 Å². The van der Waals surface area contributed by atoms with Gasteiger partial charge in [-0.25, -0.2) is 4.39 Å². The third kappa shape index (κ3) is 3.66. The molecule has 0 spiro atoms. The fraction of sp³-hybridized carbons (Fsp3) is 0.650. The van der Waals surface area contributed by atoms with Crippen LogP contribution in [0.3, 0.4) is 0 Å². The van der Waals surface area contributed by atoms with Crippen LogP contribution in [-0.4, -0.2) is 49.1 Å². The summed E-state index contributed by atoms with van der Waals surface area (Å²) in [7, 11) is 0. The molecule has 5 heteroatoms. The zero-order chi connectivity index (χ0) is 17.4. The molecule has 2 atom stereocenters. The third-order valence-corrected chi connectivity index (χ3v) is 6.18. The Morgan fingerprint density at radius 2 is 1.84 bits per heavy atom. The first-order chi connectivity index (χ1) is 12.1. The molecule has 0 bridgehead atoms. The van der Waals surface area contributed by atoms with Crippen LogP contribution >= 0.6 is 0 Å². The van der Waals surface area contributed by atoms with Crippen molar-refractivity contribution in [2.75, 3.05) is 31.1 Å². The fourth-order valence-electron chi connectivity index (χ4n) is 4.75. The molecule has 1 saturated carbocycles. The number of halogens is 1. The van der Waals surface area contributed by atoms with Gasteiger partial charge in [0.2, 0.25) is 5.91 Å². The molecular formula is C20H28FN3O. The van der Waals surface area contributed by atoms with Gasteiger partial charge in [-0.2, -0.15) is 0 Å². The molecule has 1 N–H and O–H groups in total. The van der Waals surface area contributed by atoms with E-state index in [1.165, 1.54) is 12.8 Å². The number of anilines is 1. The highest BCUT2D eigenvalue weighted by Crippen LogP contribution is 2.42. The lowest BCUT2D eigenvalue weighted by atomic mass is 9.98. The first kappa shape index (κ1) is 16.8. The highest BCUT2D eigenvalue weighted by Gasteiger charge is 2.44. The Bertz CT molecular complexity index is 625. The van der Waals surface area contributed by atoms with Gasteiger partial charge in [-0.1, -0.05) is 12.1 Å². The minimum atomic E-state index is -0.123. The Morgan fingerprint density at radius 1 is 1.12 bits per heavy atom. The zero-order valence-corrected chi connectivity index (χ0v) is 15.0. The predicted molar refractivity (Wildman–Crippen MR) is 97.0 cm³/mol. The van der Waals surface area contributed by atoms with Gasteiger partial charge in [-0.15, -0.1) is 0 Å². The normalized spacial score (nSPS) is 28.3. The molecule has 1 aromatic carbocycles. The second kappa shape index (κ2) is 6.94. The van der Waals surface area contributed by atoms with Gasteiger partial charge in [-0.3, -0.25) is 9.69 Å². The van der Waals surface area contributed by atoms with Crippen LogP contribution in [0, 0.1) is 17.7 Å².